The van der Waals surface area contributed by atoms with Crippen molar-refractivity contribution in [3.05, 3.63) is 104 Å². The fraction of sp³-hybridized carbons (Fsp3) is 0.219. The fourth-order valence-corrected chi connectivity index (χ4v) is 8.08. The van der Waals surface area contributed by atoms with E-state index in [0.717, 1.165) is 40.1 Å². The molecule has 2 unspecified atom stereocenters. The third-order valence-corrected chi connectivity index (χ3v) is 9.96. The molecule has 3 atom stereocenters. The first kappa shape index (κ1) is 32.1. The molecular weight excluding hydrogens is 659 g/mol. The Kier molecular flexibility index (Phi) is 8.68. The Bertz CT molecular complexity index is 1940. The van der Waals surface area contributed by atoms with Gasteiger partial charge in [0.1, 0.15) is 11.0 Å². The molecule has 0 spiro atoms. The average Bonchev–Trinajstić information content (AvgIpc) is 3.53. The lowest BCUT2D eigenvalue weighted by molar-refractivity contribution is -0.137. The predicted molar refractivity (Wildman–Crippen MR) is 167 cm³/mol. The van der Waals surface area contributed by atoms with E-state index >= 15 is 0 Å². The summed E-state index contributed by atoms with van der Waals surface area (Å²) in [5, 5.41) is 1.80. The van der Waals surface area contributed by atoms with Gasteiger partial charge in [-0.3, -0.25) is 19.2 Å². The molecule has 2 N–H and O–H groups in total. The second kappa shape index (κ2) is 12.7. The van der Waals surface area contributed by atoms with Gasteiger partial charge in [-0.15, -0.1) is 0 Å². The fourth-order valence-electron chi connectivity index (χ4n) is 5.56. The number of esters is 1. The van der Waals surface area contributed by atoms with Gasteiger partial charge in [-0.05, 0) is 61.0 Å². The van der Waals surface area contributed by atoms with Crippen LogP contribution in [0.15, 0.2) is 82.6 Å². The molecule has 15 heteroatoms. The number of nitrogens with one attached hydrogen (secondary N) is 2. The zero-order chi connectivity index (χ0) is 33.5. The molecular formula is C32H24F3N3O7S2. The number of benzene rings is 3. The first-order valence-electron chi connectivity index (χ1n) is 14.2. The molecule has 47 heavy (non-hydrogen) atoms. The summed E-state index contributed by atoms with van der Waals surface area (Å²) >= 11 is 2.02. The van der Waals surface area contributed by atoms with Crippen molar-refractivity contribution >= 4 is 58.2 Å². The lowest BCUT2D eigenvalue weighted by atomic mass is 9.83. The van der Waals surface area contributed by atoms with Crippen molar-refractivity contribution in [2.75, 3.05) is 23.4 Å². The first-order chi connectivity index (χ1) is 22.5. The maximum atomic E-state index is 14.0. The zero-order valence-electron chi connectivity index (χ0n) is 24.3. The van der Waals surface area contributed by atoms with Gasteiger partial charge in [0.2, 0.25) is 11.8 Å². The van der Waals surface area contributed by atoms with Crippen LogP contribution >= 0.6 is 23.1 Å². The molecule has 1 fully saturated rings. The number of para-hydroxylation sites is 1. The molecule has 242 valence electrons. The normalized spacial score (nSPS) is 18.8. The minimum absolute atomic E-state index is 0.184. The van der Waals surface area contributed by atoms with Crippen molar-refractivity contribution < 1.29 is 41.8 Å². The van der Waals surface area contributed by atoms with Crippen molar-refractivity contribution in [2.24, 2.45) is 5.92 Å². The summed E-state index contributed by atoms with van der Waals surface area (Å²) in [5.41, 5.74) is -0.352. The number of fused-ring (bicyclic) bond motifs is 2. The quantitative estimate of drug-likeness (QED) is 0.185. The lowest BCUT2D eigenvalue weighted by Crippen LogP contribution is -2.32. The van der Waals surface area contributed by atoms with Crippen LogP contribution in [0, 0.1) is 5.92 Å². The second-order valence-electron chi connectivity index (χ2n) is 10.5. The number of aromatic amines is 1. The first-order valence-corrected chi connectivity index (χ1v) is 15.9. The van der Waals surface area contributed by atoms with E-state index in [1.165, 1.54) is 42.5 Å². The summed E-state index contributed by atoms with van der Waals surface area (Å²) in [7, 11) is 0. The third-order valence-electron chi connectivity index (χ3n) is 7.55. The maximum Gasteiger partial charge on any atom is 0.418 e. The molecule has 0 radical (unpaired) electrons. The molecule has 1 saturated heterocycles. The Labute approximate surface area is 272 Å². The lowest BCUT2D eigenvalue weighted by Gasteiger charge is -2.30. The standard InChI is InChI=1S/C32H24F3N3O7S2/c1-2-44-30(42)16-10-12-18(13-11-16)38-28(40)24-23(25-27(37-31(43)47-25)46-26(24)29(38)41)17-6-5-7-19(14-17)45-15-22(39)36-21-9-4-3-8-20(21)32(33,34)35/h3-14,23-24,26H,2,15H2,1H3,(H,36,39)(H,37,43)/t23-,24?,26?/m1/s1. The number of hydrogen-bond donors (Lipinski definition) is 2. The van der Waals surface area contributed by atoms with Gasteiger partial charge < -0.3 is 19.8 Å². The molecule has 3 aromatic carbocycles. The van der Waals surface area contributed by atoms with E-state index in [1.807, 2.05) is 0 Å². The van der Waals surface area contributed by atoms with E-state index in [9.17, 15) is 37.1 Å². The molecule has 4 aromatic rings. The number of nitrogens with zero attached hydrogens (tertiary/aromatic N) is 1. The van der Waals surface area contributed by atoms with E-state index in [2.05, 4.69) is 10.3 Å². The summed E-state index contributed by atoms with van der Waals surface area (Å²) in [6, 6.07) is 16.9. The molecule has 6 rings (SSSR count). The van der Waals surface area contributed by atoms with Gasteiger partial charge in [0.25, 0.3) is 5.91 Å². The van der Waals surface area contributed by atoms with Crippen molar-refractivity contribution in [2.45, 2.75) is 29.3 Å². The highest BCUT2D eigenvalue weighted by Gasteiger charge is 2.56. The van der Waals surface area contributed by atoms with Crippen LogP contribution in [-0.4, -0.2) is 47.1 Å². The van der Waals surface area contributed by atoms with Crippen molar-refractivity contribution in [1.29, 1.82) is 0 Å². The number of alkyl halides is 3. The molecule has 2 aliphatic heterocycles. The van der Waals surface area contributed by atoms with Crippen molar-refractivity contribution in [3.8, 4) is 5.75 Å². The topological polar surface area (TPSA) is 135 Å². The molecule has 3 heterocycles. The molecule has 0 bridgehead atoms. The van der Waals surface area contributed by atoms with Crippen LogP contribution < -0.4 is 19.8 Å². The summed E-state index contributed by atoms with van der Waals surface area (Å²) in [4.78, 5) is 68.8. The number of carbonyl (C=O) groups is 4. The third kappa shape index (κ3) is 6.27. The SMILES string of the molecule is CCOC(=O)c1ccc(N2C(=O)C3Sc4[nH]c(=O)sc4[C@H](c4cccc(OCC(=O)Nc5ccccc5C(F)(F)F)c4)C3C2=O)cc1. The molecule has 0 aliphatic carbocycles. The Balaban J connectivity index is 1.25. The zero-order valence-corrected chi connectivity index (χ0v) is 26.0. The summed E-state index contributed by atoms with van der Waals surface area (Å²) < 4.78 is 50.7. The number of carbonyl (C=O) groups excluding carboxylic acids is 4. The number of thioether (sulfide) groups is 1. The van der Waals surface area contributed by atoms with Gasteiger partial charge in [0.15, 0.2) is 6.61 Å². The highest BCUT2D eigenvalue weighted by Crippen LogP contribution is 2.53. The average molecular weight is 684 g/mol. The smallest absolute Gasteiger partial charge is 0.418 e. The van der Waals surface area contributed by atoms with Crippen LogP contribution in [0.25, 0.3) is 0 Å². The summed E-state index contributed by atoms with van der Waals surface area (Å²) in [6.45, 7) is 1.25. The number of thiazole rings is 1. The van der Waals surface area contributed by atoms with Crippen LogP contribution in [0.4, 0.5) is 24.5 Å². The Morgan fingerprint density at radius 2 is 1.72 bits per heavy atom. The van der Waals surface area contributed by atoms with Crippen molar-refractivity contribution in [3.63, 3.8) is 0 Å². The highest BCUT2D eigenvalue weighted by molar-refractivity contribution is 8.00. The number of aromatic nitrogens is 1. The van der Waals surface area contributed by atoms with Crippen LogP contribution in [0.1, 0.15) is 39.2 Å². The van der Waals surface area contributed by atoms with Crippen LogP contribution in [0.2, 0.25) is 0 Å². The minimum Gasteiger partial charge on any atom is -0.484 e. The number of anilines is 2. The molecule has 1 aromatic heterocycles. The number of amides is 3. The van der Waals surface area contributed by atoms with Gasteiger partial charge in [0.05, 0.1) is 40.1 Å². The van der Waals surface area contributed by atoms with Gasteiger partial charge in [-0.25, -0.2) is 9.69 Å². The summed E-state index contributed by atoms with van der Waals surface area (Å²) in [6.07, 6.45) is -4.67. The number of imide groups is 1. The van der Waals surface area contributed by atoms with Gasteiger partial charge in [0, 0.05) is 10.8 Å². The Hall–Kier alpha value is -4.89. The van der Waals surface area contributed by atoms with E-state index in [4.69, 9.17) is 9.47 Å². The van der Waals surface area contributed by atoms with Gasteiger partial charge in [-0.2, -0.15) is 13.2 Å². The molecule has 0 saturated carbocycles. The van der Waals surface area contributed by atoms with E-state index in [-0.39, 0.29) is 28.5 Å². The number of halogens is 3. The monoisotopic (exact) mass is 683 g/mol. The number of ether oxygens (including phenoxy) is 2. The largest absolute Gasteiger partial charge is 0.484 e. The molecule has 2 aliphatic rings. The Morgan fingerprint density at radius 3 is 2.45 bits per heavy atom. The van der Waals surface area contributed by atoms with Gasteiger partial charge in [-0.1, -0.05) is 47.4 Å². The molecule has 10 nitrogen and oxygen atoms in total. The number of hydrogen-bond acceptors (Lipinski definition) is 9. The predicted octanol–water partition coefficient (Wildman–Crippen LogP) is 5.45. The Morgan fingerprint density at radius 1 is 0.979 bits per heavy atom. The van der Waals surface area contributed by atoms with Crippen LogP contribution in [-0.2, 0) is 25.3 Å². The number of H-pyrrole nitrogens is 1. The minimum atomic E-state index is -4.67. The van der Waals surface area contributed by atoms with Crippen LogP contribution in [0.5, 0.6) is 5.75 Å². The number of rotatable bonds is 8. The van der Waals surface area contributed by atoms with Gasteiger partial charge >= 0.3 is 17.0 Å². The highest BCUT2D eigenvalue weighted by atomic mass is 32.2. The van der Waals surface area contributed by atoms with E-state index < -0.39 is 64.8 Å². The maximum absolute atomic E-state index is 14.0. The van der Waals surface area contributed by atoms with E-state index in [0.29, 0.717) is 15.5 Å². The molecule has 3 amide bonds. The second-order valence-corrected chi connectivity index (χ2v) is 12.6. The summed E-state index contributed by atoms with van der Waals surface area (Å²) in [5.74, 6) is -3.81. The van der Waals surface area contributed by atoms with Crippen molar-refractivity contribution in [1.82, 2.24) is 4.98 Å². The van der Waals surface area contributed by atoms with Crippen LogP contribution in [0.3, 0.4) is 0 Å². The van der Waals surface area contributed by atoms with E-state index in [1.54, 1.807) is 25.1 Å².